The van der Waals surface area contributed by atoms with Crippen molar-refractivity contribution in [3.63, 3.8) is 0 Å². The summed E-state index contributed by atoms with van der Waals surface area (Å²) in [5, 5.41) is 13.6. The van der Waals surface area contributed by atoms with Crippen molar-refractivity contribution in [3.05, 3.63) is 64.7 Å². The van der Waals surface area contributed by atoms with Crippen molar-refractivity contribution in [2.45, 2.75) is 61.1 Å². The molecule has 2 amide bonds. The molecule has 0 aliphatic carbocycles. The number of nitrogens with one attached hydrogen (secondary N) is 2. The van der Waals surface area contributed by atoms with Crippen LogP contribution in [0, 0.1) is 25.6 Å². The van der Waals surface area contributed by atoms with Crippen molar-refractivity contribution in [2.24, 2.45) is 5.92 Å². The molecule has 4 rings (SSSR count). The number of nitrogens with zero attached hydrogens (tertiary/aromatic N) is 5. The second kappa shape index (κ2) is 13.5. The first kappa shape index (κ1) is 30.7. The summed E-state index contributed by atoms with van der Waals surface area (Å²) in [5.74, 6) is 1.23. The molecule has 216 valence electrons. The van der Waals surface area contributed by atoms with E-state index in [1.807, 2.05) is 37.1 Å². The van der Waals surface area contributed by atoms with Crippen LogP contribution in [0.2, 0.25) is 0 Å². The molecule has 3 aromatic rings. The number of halogens is 1. The lowest BCUT2D eigenvalue weighted by atomic mass is 10.1. The van der Waals surface area contributed by atoms with Gasteiger partial charge in [0.05, 0.1) is 13.1 Å². The van der Waals surface area contributed by atoms with Crippen LogP contribution in [0.4, 0.5) is 10.1 Å². The van der Waals surface area contributed by atoms with E-state index in [1.54, 1.807) is 23.0 Å². The van der Waals surface area contributed by atoms with E-state index >= 15 is 0 Å². The molecular formula is C30H42FN7O2. The van der Waals surface area contributed by atoms with Crippen molar-refractivity contribution >= 4 is 17.5 Å². The number of anilines is 1. The van der Waals surface area contributed by atoms with E-state index in [0.717, 1.165) is 40.8 Å². The van der Waals surface area contributed by atoms with Gasteiger partial charge in [-0.3, -0.25) is 19.7 Å². The third-order valence-corrected chi connectivity index (χ3v) is 7.01. The molecule has 2 heterocycles. The molecule has 0 fully saturated rings. The molecule has 0 saturated carbocycles. The number of rotatable bonds is 11. The number of carbonyl (C=O) groups is 2. The highest BCUT2D eigenvalue weighted by molar-refractivity contribution is 5.87. The Balaban J connectivity index is 0.00000441. The summed E-state index contributed by atoms with van der Waals surface area (Å²) < 4.78 is 13.7. The molecule has 0 bridgehead atoms. The number of H-pyrrole nitrogens is 1. The second-order valence-corrected chi connectivity index (χ2v) is 10.6. The smallest absolute Gasteiger partial charge is 0.256 e. The molecule has 1 aromatic heterocycles. The maximum Gasteiger partial charge on any atom is 0.256 e. The van der Waals surface area contributed by atoms with Gasteiger partial charge in [0.2, 0.25) is 5.91 Å². The Kier molecular flexibility index (Phi) is 10.4. The van der Waals surface area contributed by atoms with Gasteiger partial charge >= 0.3 is 0 Å². The van der Waals surface area contributed by atoms with E-state index in [0.29, 0.717) is 37.2 Å². The second-order valence-electron chi connectivity index (χ2n) is 10.6. The van der Waals surface area contributed by atoms with Gasteiger partial charge in [0.1, 0.15) is 11.6 Å². The largest absolute Gasteiger partial charge is 0.355 e. The van der Waals surface area contributed by atoms with E-state index in [9.17, 15) is 14.0 Å². The molecule has 0 spiro atoms. The average molecular weight is 552 g/mol. The summed E-state index contributed by atoms with van der Waals surface area (Å²) in [7, 11) is 1.72. The van der Waals surface area contributed by atoms with Gasteiger partial charge in [-0.1, -0.05) is 39.5 Å². The lowest BCUT2D eigenvalue weighted by molar-refractivity contribution is -0.145. The quantitative estimate of drug-likeness (QED) is 0.338. The Morgan fingerprint density at radius 3 is 2.55 bits per heavy atom. The van der Waals surface area contributed by atoms with Crippen molar-refractivity contribution in [2.75, 3.05) is 31.6 Å². The number of benzene rings is 2. The Hall–Kier alpha value is -3.79. The molecule has 40 heavy (non-hydrogen) atoms. The summed E-state index contributed by atoms with van der Waals surface area (Å²) in [6, 6.07) is 10.5. The molecule has 0 radical (unpaired) electrons. The Labute approximate surface area is 236 Å². The van der Waals surface area contributed by atoms with E-state index in [4.69, 9.17) is 0 Å². The molecule has 2 aromatic carbocycles. The van der Waals surface area contributed by atoms with Crippen molar-refractivity contribution in [3.8, 4) is 11.4 Å². The fraction of sp³-hybridized carbons (Fsp3) is 0.467. The number of aromatic amines is 1. The van der Waals surface area contributed by atoms with Crippen LogP contribution in [0.5, 0.6) is 0 Å². The minimum Gasteiger partial charge on any atom is -0.355 e. The van der Waals surface area contributed by atoms with Crippen LogP contribution in [-0.2, 0) is 22.7 Å². The monoisotopic (exact) mass is 551 g/mol. The molecular weight excluding hydrogens is 509 g/mol. The van der Waals surface area contributed by atoms with Gasteiger partial charge in [-0.25, -0.2) is 14.4 Å². The van der Waals surface area contributed by atoms with Crippen LogP contribution in [0.1, 0.15) is 56.6 Å². The summed E-state index contributed by atoms with van der Waals surface area (Å²) in [6.07, 6.45) is 1.94. The number of hydrazine groups is 1. The van der Waals surface area contributed by atoms with Gasteiger partial charge in [0, 0.05) is 37.9 Å². The minimum absolute atomic E-state index is 0. The standard InChI is InChI=1S/C29H38FN7O2.CH4/c1-19(2)7-6-12-31-27(38)17-36(26-14-22(9-8-20(26)3)29-32-21(4)33-34-29)18-28(39)35(5)37-15-23-10-11-25(30)13-24(23)16-37;/h8-11,13-14,19H,6-7,12,15-18H2,1-5H3,(H,31,38)(H,32,33,34);1H4. The number of carbonyl (C=O) groups excluding carboxylic acids is 2. The predicted octanol–water partition coefficient (Wildman–Crippen LogP) is 4.61. The molecule has 1 aliphatic rings. The lowest BCUT2D eigenvalue weighted by Gasteiger charge is -2.32. The predicted molar refractivity (Wildman–Crippen MR) is 156 cm³/mol. The lowest BCUT2D eigenvalue weighted by Crippen LogP contribution is -2.48. The SMILES string of the molecule is C.Cc1nc(-c2ccc(C)c(N(CC(=O)NCCCC(C)C)CC(=O)N(C)N3Cc4ccc(F)cc4C3)c2)n[nH]1. The molecule has 9 nitrogen and oxygen atoms in total. The number of hydrogen-bond donors (Lipinski definition) is 2. The normalized spacial score (nSPS) is 12.7. The average Bonchev–Trinajstić information content (AvgIpc) is 3.51. The zero-order chi connectivity index (χ0) is 28.1. The Morgan fingerprint density at radius 2 is 1.85 bits per heavy atom. The summed E-state index contributed by atoms with van der Waals surface area (Å²) >= 11 is 0. The highest BCUT2D eigenvalue weighted by Gasteiger charge is 2.27. The fourth-order valence-electron chi connectivity index (χ4n) is 4.74. The minimum atomic E-state index is -0.285. The summed E-state index contributed by atoms with van der Waals surface area (Å²) in [4.78, 5) is 32.7. The number of fused-ring (bicyclic) bond motifs is 1. The number of hydrogen-bond acceptors (Lipinski definition) is 6. The van der Waals surface area contributed by atoms with Crippen LogP contribution in [0.25, 0.3) is 11.4 Å². The first-order chi connectivity index (χ1) is 18.6. The number of aromatic nitrogens is 3. The zero-order valence-electron chi connectivity index (χ0n) is 23.4. The van der Waals surface area contributed by atoms with E-state index in [-0.39, 0.29) is 38.1 Å². The van der Waals surface area contributed by atoms with Crippen LogP contribution in [-0.4, -0.2) is 63.7 Å². The van der Waals surface area contributed by atoms with Gasteiger partial charge in [-0.05, 0) is 67.5 Å². The molecule has 10 heteroatoms. The molecule has 0 saturated heterocycles. The highest BCUT2D eigenvalue weighted by atomic mass is 19.1. The van der Waals surface area contributed by atoms with E-state index in [2.05, 4.69) is 34.3 Å². The number of aryl methyl sites for hydroxylation is 2. The van der Waals surface area contributed by atoms with Crippen LogP contribution >= 0.6 is 0 Å². The fourth-order valence-corrected chi connectivity index (χ4v) is 4.74. The summed E-state index contributed by atoms with van der Waals surface area (Å²) in [6.45, 7) is 9.70. The van der Waals surface area contributed by atoms with Crippen LogP contribution in [0.15, 0.2) is 36.4 Å². The van der Waals surface area contributed by atoms with Crippen LogP contribution < -0.4 is 10.2 Å². The molecule has 0 atom stereocenters. The first-order valence-corrected chi connectivity index (χ1v) is 13.4. The first-order valence-electron chi connectivity index (χ1n) is 13.4. The van der Waals surface area contributed by atoms with E-state index < -0.39 is 0 Å². The topological polar surface area (TPSA) is 97.5 Å². The maximum atomic E-state index is 13.7. The Morgan fingerprint density at radius 1 is 1.10 bits per heavy atom. The van der Waals surface area contributed by atoms with Gasteiger partial charge in [0.25, 0.3) is 5.91 Å². The van der Waals surface area contributed by atoms with Gasteiger partial charge in [0.15, 0.2) is 5.82 Å². The van der Waals surface area contributed by atoms with Crippen LogP contribution in [0.3, 0.4) is 0 Å². The van der Waals surface area contributed by atoms with Gasteiger partial charge in [-0.15, -0.1) is 0 Å². The zero-order valence-corrected chi connectivity index (χ0v) is 23.4. The number of amides is 2. The van der Waals surface area contributed by atoms with Crippen molar-refractivity contribution in [1.82, 2.24) is 30.5 Å². The molecule has 1 aliphatic heterocycles. The van der Waals surface area contributed by atoms with E-state index in [1.165, 1.54) is 12.1 Å². The molecule has 0 unspecified atom stereocenters. The number of likely N-dealkylation sites (N-methyl/N-ethyl adjacent to an activating group) is 1. The van der Waals surface area contributed by atoms with Gasteiger partial charge < -0.3 is 10.2 Å². The Bertz CT molecular complexity index is 1320. The molecule has 2 N–H and O–H groups in total. The third-order valence-electron chi connectivity index (χ3n) is 7.01. The maximum absolute atomic E-state index is 13.7. The van der Waals surface area contributed by atoms with Gasteiger partial charge in [-0.2, -0.15) is 5.10 Å². The summed E-state index contributed by atoms with van der Waals surface area (Å²) in [5.41, 5.74) is 4.36. The van der Waals surface area contributed by atoms with Crippen molar-refractivity contribution < 1.29 is 14.0 Å². The van der Waals surface area contributed by atoms with Crippen molar-refractivity contribution in [1.29, 1.82) is 0 Å². The third kappa shape index (κ3) is 7.65. The highest BCUT2D eigenvalue weighted by Crippen LogP contribution is 2.28.